The summed E-state index contributed by atoms with van der Waals surface area (Å²) in [5.74, 6) is 0.430. The average molecular weight is 275 g/mol. The van der Waals surface area contributed by atoms with Crippen molar-refractivity contribution in [3.8, 4) is 0 Å². The van der Waals surface area contributed by atoms with Crippen molar-refractivity contribution in [2.45, 2.75) is 52.7 Å². The highest BCUT2D eigenvalue weighted by atomic mass is 16.3. The Kier molecular flexibility index (Phi) is 4.81. The van der Waals surface area contributed by atoms with E-state index in [4.69, 9.17) is 0 Å². The number of aliphatic hydroxyl groups is 1. The molecular weight excluding hydrogens is 250 g/mol. The van der Waals surface area contributed by atoms with Crippen molar-refractivity contribution in [1.29, 1.82) is 0 Å². The second-order valence-corrected chi connectivity index (χ2v) is 5.73. The minimum atomic E-state index is -0.453. The van der Waals surface area contributed by atoms with Crippen molar-refractivity contribution >= 4 is 5.91 Å². The highest BCUT2D eigenvalue weighted by molar-refractivity contribution is 5.79. The lowest BCUT2D eigenvalue weighted by atomic mass is 9.94. The average Bonchev–Trinajstić information content (AvgIpc) is 2.47. The molecule has 1 heterocycles. The summed E-state index contributed by atoms with van der Waals surface area (Å²) < 4.78 is 0. The van der Waals surface area contributed by atoms with Crippen LogP contribution in [0.15, 0.2) is 18.2 Å². The molecule has 3 heteroatoms. The molecule has 0 saturated carbocycles. The van der Waals surface area contributed by atoms with Crippen molar-refractivity contribution in [3.05, 3.63) is 34.9 Å². The quantitative estimate of drug-likeness (QED) is 0.917. The van der Waals surface area contributed by atoms with Gasteiger partial charge in [0.25, 0.3) is 0 Å². The molecule has 1 atom stereocenters. The highest BCUT2D eigenvalue weighted by Gasteiger charge is 2.25. The molecule has 20 heavy (non-hydrogen) atoms. The van der Waals surface area contributed by atoms with Crippen molar-refractivity contribution in [2.24, 2.45) is 5.92 Å². The van der Waals surface area contributed by atoms with Gasteiger partial charge in [-0.1, -0.05) is 32.0 Å². The van der Waals surface area contributed by atoms with Crippen LogP contribution in [0.1, 0.15) is 56.4 Å². The maximum atomic E-state index is 12.5. The van der Waals surface area contributed by atoms with E-state index < -0.39 is 6.10 Å². The molecule has 0 fully saturated rings. The van der Waals surface area contributed by atoms with Gasteiger partial charge in [-0.2, -0.15) is 0 Å². The summed E-state index contributed by atoms with van der Waals surface area (Å²) in [4.78, 5) is 14.4. The van der Waals surface area contributed by atoms with Gasteiger partial charge in [0.2, 0.25) is 5.91 Å². The number of aliphatic hydroxyl groups excluding tert-OH is 1. The van der Waals surface area contributed by atoms with Crippen LogP contribution < -0.4 is 0 Å². The van der Waals surface area contributed by atoms with Gasteiger partial charge in [-0.05, 0) is 42.9 Å². The number of rotatable bonds is 4. The molecule has 110 valence electrons. The standard InChI is InChI=1S/C17H25NO2/c1-4-13(5-2)17(20)18-9-8-14-6-7-15(12(3)19)10-16(14)11-18/h6-7,10,12-13,19H,4-5,8-9,11H2,1-3H3. The SMILES string of the molecule is CCC(CC)C(=O)N1CCc2ccc(C(C)O)cc2C1. The molecule has 1 amide bonds. The Hall–Kier alpha value is -1.35. The molecule has 0 aromatic heterocycles. The Labute approximate surface area is 121 Å². The van der Waals surface area contributed by atoms with Gasteiger partial charge >= 0.3 is 0 Å². The predicted octanol–water partition coefficient (Wildman–Crippen LogP) is 3.06. The summed E-state index contributed by atoms with van der Waals surface area (Å²) in [6.45, 7) is 7.43. The first kappa shape index (κ1) is 15.0. The van der Waals surface area contributed by atoms with E-state index in [2.05, 4.69) is 19.9 Å². The predicted molar refractivity (Wildman–Crippen MR) is 80.3 cm³/mol. The smallest absolute Gasteiger partial charge is 0.225 e. The van der Waals surface area contributed by atoms with Crippen molar-refractivity contribution in [3.63, 3.8) is 0 Å². The van der Waals surface area contributed by atoms with E-state index >= 15 is 0 Å². The monoisotopic (exact) mass is 275 g/mol. The Morgan fingerprint density at radius 2 is 2.00 bits per heavy atom. The fourth-order valence-corrected chi connectivity index (χ4v) is 2.92. The first-order valence-corrected chi connectivity index (χ1v) is 7.65. The second-order valence-electron chi connectivity index (χ2n) is 5.73. The lowest BCUT2D eigenvalue weighted by molar-refractivity contribution is -0.136. The van der Waals surface area contributed by atoms with E-state index in [9.17, 15) is 9.90 Å². The van der Waals surface area contributed by atoms with Crippen LogP contribution in [0, 0.1) is 5.92 Å². The molecule has 1 unspecified atom stereocenters. The number of carbonyl (C=O) groups is 1. The van der Waals surface area contributed by atoms with E-state index in [0.717, 1.165) is 31.4 Å². The molecule has 0 bridgehead atoms. The zero-order valence-corrected chi connectivity index (χ0v) is 12.7. The summed E-state index contributed by atoms with van der Waals surface area (Å²) in [6.07, 6.45) is 2.28. The van der Waals surface area contributed by atoms with Gasteiger partial charge in [-0.15, -0.1) is 0 Å². The first-order valence-electron chi connectivity index (χ1n) is 7.65. The fourth-order valence-electron chi connectivity index (χ4n) is 2.92. The van der Waals surface area contributed by atoms with E-state index in [1.165, 1.54) is 11.1 Å². The van der Waals surface area contributed by atoms with Gasteiger partial charge in [0.05, 0.1) is 6.10 Å². The van der Waals surface area contributed by atoms with Crippen molar-refractivity contribution in [2.75, 3.05) is 6.54 Å². The number of hydrogen-bond acceptors (Lipinski definition) is 2. The normalized spacial score (nSPS) is 16.1. The number of nitrogens with zero attached hydrogens (tertiary/aromatic N) is 1. The highest BCUT2D eigenvalue weighted by Crippen LogP contribution is 2.25. The minimum absolute atomic E-state index is 0.150. The summed E-state index contributed by atoms with van der Waals surface area (Å²) in [5, 5.41) is 9.68. The third-order valence-electron chi connectivity index (χ3n) is 4.37. The van der Waals surface area contributed by atoms with Crippen LogP contribution in [0.3, 0.4) is 0 Å². The lowest BCUT2D eigenvalue weighted by Crippen LogP contribution is -2.39. The third kappa shape index (κ3) is 3.04. The molecule has 0 spiro atoms. The molecule has 1 aliphatic rings. The van der Waals surface area contributed by atoms with Crippen LogP contribution in [-0.2, 0) is 17.8 Å². The molecule has 1 aromatic carbocycles. The molecular formula is C17H25NO2. The van der Waals surface area contributed by atoms with Crippen LogP contribution in [0.5, 0.6) is 0 Å². The number of hydrogen-bond donors (Lipinski definition) is 1. The van der Waals surface area contributed by atoms with Crippen molar-refractivity contribution < 1.29 is 9.90 Å². The van der Waals surface area contributed by atoms with Crippen LogP contribution in [0.4, 0.5) is 0 Å². The lowest BCUT2D eigenvalue weighted by Gasteiger charge is -2.32. The zero-order valence-electron chi connectivity index (χ0n) is 12.7. The largest absolute Gasteiger partial charge is 0.389 e. The number of fused-ring (bicyclic) bond motifs is 1. The first-order chi connectivity index (χ1) is 9.56. The van der Waals surface area contributed by atoms with Crippen molar-refractivity contribution in [1.82, 2.24) is 4.90 Å². The van der Waals surface area contributed by atoms with E-state index in [0.29, 0.717) is 6.54 Å². The molecule has 0 radical (unpaired) electrons. The Morgan fingerprint density at radius 3 is 2.60 bits per heavy atom. The molecule has 1 aliphatic heterocycles. The number of benzene rings is 1. The third-order valence-corrected chi connectivity index (χ3v) is 4.37. The second kappa shape index (κ2) is 6.40. The van der Waals surface area contributed by atoms with E-state index in [-0.39, 0.29) is 11.8 Å². The molecule has 0 saturated heterocycles. The fraction of sp³-hybridized carbons (Fsp3) is 0.588. The summed E-state index contributed by atoms with van der Waals surface area (Å²) >= 11 is 0. The molecule has 2 rings (SSSR count). The summed E-state index contributed by atoms with van der Waals surface area (Å²) in [5.41, 5.74) is 3.43. The Morgan fingerprint density at radius 1 is 1.30 bits per heavy atom. The maximum absolute atomic E-state index is 12.5. The van der Waals surface area contributed by atoms with Crippen LogP contribution in [0.25, 0.3) is 0 Å². The van der Waals surface area contributed by atoms with Crippen LogP contribution >= 0.6 is 0 Å². The molecule has 0 aliphatic carbocycles. The van der Waals surface area contributed by atoms with Gasteiger partial charge < -0.3 is 10.0 Å². The van der Waals surface area contributed by atoms with E-state index in [1.54, 1.807) is 6.92 Å². The topological polar surface area (TPSA) is 40.5 Å². The molecule has 1 N–H and O–H groups in total. The maximum Gasteiger partial charge on any atom is 0.225 e. The van der Waals surface area contributed by atoms with Gasteiger partial charge in [0.15, 0.2) is 0 Å². The van der Waals surface area contributed by atoms with Gasteiger partial charge in [0, 0.05) is 19.0 Å². The molecule has 3 nitrogen and oxygen atoms in total. The number of carbonyl (C=O) groups excluding carboxylic acids is 1. The van der Waals surface area contributed by atoms with Gasteiger partial charge in [-0.3, -0.25) is 4.79 Å². The van der Waals surface area contributed by atoms with Crippen LogP contribution in [0.2, 0.25) is 0 Å². The summed E-state index contributed by atoms with van der Waals surface area (Å²) in [7, 11) is 0. The van der Waals surface area contributed by atoms with E-state index in [1.807, 2.05) is 17.0 Å². The summed E-state index contributed by atoms with van der Waals surface area (Å²) in [6, 6.07) is 6.13. The minimum Gasteiger partial charge on any atom is -0.389 e. The zero-order chi connectivity index (χ0) is 14.7. The Balaban J connectivity index is 2.17. The molecule has 1 aromatic rings. The number of amides is 1. The Bertz CT molecular complexity index is 478. The van der Waals surface area contributed by atoms with Gasteiger partial charge in [0.1, 0.15) is 0 Å². The van der Waals surface area contributed by atoms with Crippen LogP contribution in [-0.4, -0.2) is 22.5 Å². The van der Waals surface area contributed by atoms with Gasteiger partial charge in [-0.25, -0.2) is 0 Å².